The van der Waals surface area contributed by atoms with E-state index >= 15 is 0 Å². The fourth-order valence-corrected chi connectivity index (χ4v) is 4.68. The molecule has 6 heterocycles. The van der Waals surface area contributed by atoms with Crippen LogP contribution in [0.5, 0.6) is 0 Å². The SMILES string of the molecule is Fc1cccnc1-c1nnc(N2CCc3[nH]cnc3[C@H]2c2cc3c(C4CC4)cccn3n2)o1. The minimum atomic E-state index is -0.509. The molecule has 33 heavy (non-hydrogen) atoms. The van der Waals surface area contributed by atoms with Gasteiger partial charge in [0.05, 0.1) is 23.2 Å². The van der Waals surface area contributed by atoms with Crippen LogP contribution in [0.2, 0.25) is 0 Å². The van der Waals surface area contributed by atoms with Crippen LogP contribution in [0.25, 0.3) is 17.1 Å². The highest BCUT2D eigenvalue weighted by atomic mass is 19.1. The molecule has 1 fully saturated rings. The number of imidazole rings is 1. The molecule has 1 aliphatic carbocycles. The topological polar surface area (TPSA) is 101 Å². The van der Waals surface area contributed by atoms with Gasteiger partial charge in [0.15, 0.2) is 11.5 Å². The van der Waals surface area contributed by atoms with Crippen molar-refractivity contribution in [1.29, 1.82) is 0 Å². The molecule has 1 aliphatic heterocycles. The Balaban J connectivity index is 1.34. The van der Waals surface area contributed by atoms with Crippen LogP contribution in [-0.2, 0) is 6.42 Å². The molecule has 164 valence electrons. The summed E-state index contributed by atoms with van der Waals surface area (Å²) in [5, 5.41) is 13.2. The largest absolute Gasteiger partial charge is 0.401 e. The van der Waals surface area contributed by atoms with Crippen molar-refractivity contribution in [3.8, 4) is 11.6 Å². The summed E-state index contributed by atoms with van der Waals surface area (Å²) in [4.78, 5) is 13.9. The second-order valence-electron chi connectivity index (χ2n) is 8.47. The highest BCUT2D eigenvalue weighted by Gasteiger charge is 2.37. The predicted molar refractivity (Wildman–Crippen MR) is 116 cm³/mol. The Bertz CT molecular complexity index is 1480. The molecule has 0 spiro atoms. The van der Waals surface area contributed by atoms with Gasteiger partial charge in [-0.05, 0) is 48.6 Å². The summed E-state index contributed by atoms with van der Waals surface area (Å²) in [6.45, 7) is 0.621. The van der Waals surface area contributed by atoms with E-state index in [1.807, 2.05) is 21.7 Å². The number of fused-ring (bicyclic) bond motifs is 2. The minimum Gasteiger partial charge on any atom is -0.401 e. The second-order valence-corrected chi connectivity index (χ2v) is 8.47. The van der Waals surface area contributed by atoms with Crippen molar-refractivity contribution in [1.82, 2.24) is 34.8 Å². The van der Waals surface area contributed by atoms with Gasteiger partial charge in [-0.25, -0.2) is 18.9 Å². The van der Waals surface area contributed by atoms with E-state index in [1.165, 1.54) is 36.7 Å². The lowest BCUT2D eigenvalue weighted by Crippen LogP contribution is -2.36. The third-order valence-electron chi connectivity index (χ3n) is 6.40. The summed E-state index contributed by atoms with van der Waals surface area (Å²) < 4.78 is 22.1. The third-order valence-corrected chi connectivity index (χ3v) is 6.40. The first kappa shape index (κ1) is 18.5. The number of anilines is 1. The molecule has 0 radical (unpaired) electrons. The predicted octanol–water partition coefficient (Wildman–Crippen LogP) is 3.67. The maximum Gasteiger partial charge on any atom is 0.319 e. The fourth-order valence-electron chi connectivity index (χ4n) is 4.68. The summed E-state index contributed by atoms with van der Waals surface area (Å²) in [7, 11) is 0. The summed E-state index contributed by atoms with van der Waals surface area (Å²) in [5.41, 5.74) is 5.26. The molecule has 1 atom stereocenters. The van der Waals surface area contributed by atoms with E-state index in [0.29, 0.717) is 12.5 Å². The molecule has 1 N–H and O–H groups in total. The molecule has 0 unspecified atom stereocenters. The summed E-state index contributed by atoms with van der Waals surface area (Å²) in [6.07, 6.45) is 8.34. The van der Waals surface area contributed by atoms with Crippen LogP contribution in [0.1, 0.15) is 47.4 Å². The highest BCUT2D eigenvalue weighted by molar-refractivity contribution is 5.60. The van der Waals surface area contributed by atoms with Gasteiger partial charge in [0.25, 0.3) is 5.89 Å². The van der Waals surface area contributed by atoms with E-state index in [1.54, 1.807) is 6.33 Å². The summed E-state index contributed by atoms with van der Waals surface area (Å²) >= 11 is 0. The molecule has 2 aliphatic rings. The standard InChI is InChI=1S/C23H19FN8O/c24-15-4-1-8-25-19(15)22-28-29-23(33-22)31-10-7-16-20(27-12-26-16)21(31)17-11-18-14(13-5-6-13)3-2-9-32(18)30-17/h1-4,8-9,11-13,21H,5-7,10H2,(H,26,27)/t21-/m1/s1. The molecule has 0 saturated heterocycles. The molecule has 0 bridgehead atoms. The maximum absolute atomic E-state index is 14.2. The van der Waals surface area contributed by atoms with Gasteiger partial charge in [0.1, 0.15) is 6.04 Å². The molecule has 1 saturated carbocycles. The summed E-state index contributed by atoms with van der Waals surface area (Å²) in [5.74, 6) is 0.138. The molecule has 5 aromatic rings. The van der Waals surface area contributed by atoms with Crippen molar-refractivity contribution >= 4 is 11.5 Å². The fraction of sp³-hybridized carbons (Fsp3) is 0.261. The van der Waals surface area contributed by atoms with Crippen molar-refractivity contribution in [3.63, 3.8) is 0 Å². The van der Waals surface area contributed by atoms with Crippen LogP contribution >= 0.6 is 0 Å². The lowest BCUT2D eigenvalue weighted by atomic mass is 10.00. The second kappa shape index (κ2) is 6.96. The lowest BCUT2D eigenvalue weighted by Gasteiger charge is -2.32. The normalized spacial score (nSPS) is 18.1. The number of nitrogens with zero attached hydrogens (tertiary/aromatic N) is 7. The Morgan fingerprint density at radius 3 is 2.94 bits per heavy atom. The zero-order chi connectivity index (χ0) is 21.9. The maximum atomic E-state index is 14.2. The molecule has 5 aromatic heterocycles. The van der Waals surface area contributed by atoms with Gasteiger partial charge in [-0.1, -0.05) is 11.2 Å². The number of halogens is 1. The average Bonchev–Trinajstić information content (AvgIpc) is 3.22. The number of aromatic nitrogens is 7. The van der Waals surface area contributed by atoms with Crippen molar-refractivity contribution in [2.45, 2.75) is 31.2 Å². The van der Waals surface area contributed by atoms with E-state index in [9.17, 15) is 4.39 Å². The van der Waals surface area contributed by atoms with Gasteiger partial charge in [-0.15, -0.1) is 5.10 Å². The van der Waals surface area contributed by atoms with Gasteiger partial charge in [0, 0.05) is 31.1 Å². The monoisotopic (exact) mass is 442 g/mol. The number of pyridine rings is 2. The Morgan fingerprint density at radius 1 is 1.12 bits per heavy atom. The minimum absolute atomic E-state index is 0.0343. The number of rotatable bonds is 4. The first-order valence-electron chi connectivity index (χ1n) is 11.0. The van der Waals surface area contributed by atoms with E-state index in [2.05, 4.69) is 37.3 Å². The van der Waals surface area contributed by atoms with Crippen LogP contribution in [-0.4, -0.2) is 41.3 Å². The van der Waals surface area contributed by atoms with Crippen LogP contribution in [0.4, 0.5) is 10.4 Å². The van der Waals surface area contributed by atoms with Gasteiger partial charge in [0.2, 0.25) is 0 Å². The van der Waals surface area contributed by atoms with Crippen molar-refractivity contribution in [3.05, 3.63) is 77.5 Å². The van der Waals surface area contributed by atoms with Gasteiger partial charge in [-0.2, -0.15) is 5.10 Å². The number of hydrogen-bond donors (Lipinski definition) is 1. The lowest BCUT2D eigenvalue weighted by molar-refractivity contribution is 0.499. The van der Waals surface area contributed by atoms with Crippen LogP contribution in [0, 0.1) is 5.82 Å². The molecular weight excluding hydrogens is 423 g/mol. The van der Waals surface area contributed by atoms with Crippen molar-refractivity contribution in [2.24, 2.45) is 0 Å². The van der Waals surface area contributed by atoms with Gasteiger partial charge >= 0.3 is 6.01 Å². The van der Waals surface area contributed by atoms with Gasteiger partial charge < -0.3 is 14.3 Å². The van der Waals surface area contributed by atoms with Crippen LogP contribution in [0.3, 0.4) is 0 Å². The number of H-pyrrole nitrogens is 1. The average molecular weight is 442 g/mol. The van der Waals surface area contributed by atoms with Crippen LogP contribution < -0.4 is 4.90 Å². The molecular formula is C23H19FN8O. The Hall–Kier alpha value is -4.08. The Kier molecular flexibility index (Phi) is 3.90. The van der Waals surface area contributed by atoms with Crippen LogP contribution in [0.15, 0.2) is 53.5 Å². The number of aromatic amines is 1. The smallest absolute Gasteiger partial charge is 0.319 e. The molecule has 0 aromatic carbocycles. The highest BCUT2D eigenvalue weighted by Crippen LogP contribution is 2.43. The molecule has 0 amide bonds. The number of hydrogen-bond acceptors (Lipinski definition) is 7. The first-order valence-corrected chi connectivity index (χ1v) is 11.0. The van der Waals surface area contributed by atoms with E-state index < -0.39 is 5.82 Å². The zero-order valence-electron chi connectivity index (χ0n) is 17.5. The van der Waals surface area contributed by atoms with Crippen molar-refractivity contribution in [2.75, 3.05) is 11.4 Å². The van der Waals surface area contributed by atoms with Crippen molar-refractivity contribution < 1.29 is 8.81 Å². The van der Waals surface area contributed by atoms with E-state index in [-0.39, 0.29) is 23.6 Å². The van der Waals surface area contributed by atoms with E-state index in [0.717, 1.165) is 29.0 Å². The first-order chi connectivity index (χ1) is 16.3. The number of nitrogens with one attached hydrogen (secondary N) is 1. The quantitative estimate of drug-likeness (QED) is 0.453. The van der Waals surface area contributed by atoms with Gasteiger partial charge in [-0.3, -0.25) is 0 Å². The van der Waals surface area contributed by atoms with E-state index in [4.69, 9.17) is 9.52 Å². The summed E-state index contributed by atoms with van der Waals surface area (Å²) in [6, 6.07) is 9.17. The third kappa shape index (κ3) is 2.94. The Labute approximate surface area is 187 Å². The molecule has 7 rings (SSSR count). The zero-order valence-corrected chi connectivity index (χ0v) is 17.5. The molecule has 9 nitrogen and oxygen atoms in total. The Morgan fingerprint density at radius 2 is 2.06 bits per heavy atom. The molecule has 10 heteroatoms.